The summed E-state index contributed by atoms with van der Waals surface area (Å²) in [6.45, 7) is 2.15. The molecule has 0 unspecified atom stereocenters. The van der Waals surface area contributed by atoms with Gasteiger partial charge in [-0.2, -0.15) is 0 Å². The van der Waals surface area contributed by atoms with Crippen LogP contribution in [0.1, 0.15) is 6.92 Å². The lowest BCUT2D eigenvalue weighted by Crippen LogP contribution is -1.80. The monoisotopic (exact) mass is 219 g/mol. The van der Waals surface area contributed by atoms with Gasteiger partial charge in [-0.15, -0.1) is 11.8 Å². The fourth-order valence-electron chi connectivity index (χ4n) is 1.49. The molecule has 0 aliphatic rings. The van der Waals surface area contributed by atoms with E-state index in [0.29, 0.717) is 0 Å². The topological polar surface area (TPSA) is 0 Å². The number of fused-ring (bicyclic) bond motifs is 1. The SMILES string of the molecule is CCSc1ccc2ccccc2c1[S]. The Morgan fingerprint density at radius 3 is 2.71 bits per heavy atom. The molecule has 2 rings (SSSR count). The highest BCUT2D eigenvalue weighted by atomic mass is 32.2. The van der Waals surface area contributed by atoms with Gasteiger partial charge in [-0.25, -0.2) is 0 Å². The predicted octanol–water partition coefficient (Wildman–Crippen LogP) is 4.51. The van der Waals surface area contributed by atoms with Crippen molar-refractivity contribution in [1.82, 2.24) is 0 Å². The second kappa shape index (κ2) is 4.20. The molecule has 2 heteroatoms. The van der Waals surface area contributed by atoms with Gasteiger partial charge in [0.15, 0.2) is 0 Å². The van der Waals surface area contributed by atoms with Crippen molar-refractivity contribution in [3.05, 3.63) is 36.4 Å². The summed E-state index contributed by atoms with van der Waals surface area (Å²) in [6, 6.07) is 12.5. The fraction of sp³-hybridized carbons (Fsp3) is 0.167. The Bertz CT molecular complexity index is 449. The third kappa shape index (κ3) is 1.72. The second-order valence-electron chi connectivity index (χ2n) is 3.05. The van der Waals surface area contributed by atoms with Crippen LogP contribution >= 0.6 is 24.4 Å². The van der Waals surface area contributed by atoms with Gasteiger partial charge in [0.1, 0.15) is 0 Å². The molecule has 0 spiro atoms. The molecule has 2 aromatic carbocycles. The minimum atomic E-state index is 0.995. The molecule has 71 valence electrons. The molecule has 0 bridgehead atoms. The highest BCUT2D eigenvalue weighted by Crippen LogP contribution is 2.31. The van der Waals surface area contributed by atoms with E-state index in [1.165, 1.54) is 15.7 Å². The molecule has 1 radical (unpaired) electrons. The van der Waals surface area contributed by atoms with Gasteiger partial charge in [0.05, 0.1) is 4.90 Å². The largest absolute Gasteiger partial charge is 0.125 e. The van der Waals surface area contributed by atoms with Crippen molar-refractivity contribution in [1.29, 1.82) is 0 Å². The number of benzene rings is 2. The van der Waals surface area contributed by atoms with Gasteiger partial charge >= 0.3 is 0 Å². The first-order valence-corrected chi connectivity index (χ1v) is 6.04. The van der Waals surface area contributed by atoms with Gasteiger partial charge in [0, 0.05) is 10.3 Å². The molecule has 0 saturated carbocycles. The van der Waals surface area contributed by atoms with Crippen molar-refractivity contribution in [3.63, 3.8) is 0 Å². The van der Waals surface area contributed by atoms with Gasteiger partial charge in [0.2, 0.25) is 0 Å². The molecule has 0 amide bonds. The van der Waals surface area contributed by atoms with Crippen molar-refractivity contribution >= 4 is 35.2 Å². The zero-order chi connectivity index (χ0) is 9.97. The summed E-state index contributed by atoms with van der Waals surface area (Å²) in [4.78, 5) is 2.22. The van der Waals surface area contributed by atoms with E-state index >= 15 is 0 Å². The first-order valence-electron chi connectivity index (χ1n) is 4.64. The van der Waals surface area contributed by atoms with Crippen LogP contribution in [-0.2, 0) is 0 Å². The number of hydrogen-bond acceptors (Lipinski definition) is 1. The maximum atomic E-state index is 5.44. The van der Waals surface area contributed by atoms with Crippen LogP contribution in [0.15, 0.2) is 46.2 Å². The van der Waals surface area contributed by atoms with Gasteiger partial charge in [0.25, 0.3) is 0 Å². The summed E-state index contributed by atoms with van der Waals surface area (Å²) < 4.78 is 0. The molecule has 0 N–H and O–H groups in total. The Morgan fingerprint density at radius 2 is 1.93 bits per heavy atom. The molecule has 2 aromatic rings. The van der Waals surface area contributed by atoms with Crippen LogP contribution in [-0.4, -0.2) is 5.75 Å². The lowest BCUT2D eigenvalue weighted by Gasteiger charge is -2.05. The van der Waals surface area contributed by atoms with E-state index in [1.54, 1.807) is 0 Å². The first kappa shape index (κ1) is 9.81. The second-order valence-corrected chi connectivity index (χ2v) is 4.76. The summed E-state index contributed by atoms with van der Waals surface area (Å²) in [5.74, 6) is 1.07. The van der Waals surface area contributed by atoms with E-state index in [9.17, 15) is 0 Å². The third-order valence-electron chi connectivity index (χ3n) is 2.14. The van der Waals surface area contributed by atoms with Crippen LogP contribution in [0.4, 0.5) is 0 Å². The average molecular weight is 219 g/mol. The predicted molar refractivity (Wildman–Crippen MR) is 66.2 cm³/mol. The van der Waals surface area contributed by atoms with E-state index in [1.807, 2.05) is 23.9 Å². The molecule has 0 atom stereocenters. The molecule has 0 fully saturated rings. The maximum absolute atomic E-state index is 5.44. The smallest absolute Gasteiger partial charge is 0.0591 e. The van der Waals surface area contributed by atoms with E-state index in [4.69, 9.17) is 12.6 Å². The quantitative estimate of drug-likeness (QED) is 0.670. The first-order chi connectivity index (χ1) is 6.83. The van der Waals surface area contributed by atoms with Crippen LogP contribution in [0.5, 0.6) is 0 Å². The lowest BCUT2D eigenvalue weighted by atomic mass is 10.1. The Morgan fingerprint density at radius 1 is 1.14 bits per heavy atom. The number of hydrogen-bond donors (Lipinski definition) is 0. The summed E-state index contributed by atoms with van der Waals surface area (Å²) >= 11 is 7.25. The maximum Gasteiger partial charge on any atom is 0.0591 e. The highest BCUT2D eigenvalue weighted by molar-refractivity contribution is 7.99. The molecule has 14 heavy (non-hydrogen) atoms. The van der Waals surface area contributed by atoms with E-state index in [0.717, 1.165) is 10.6 Å². The zero-order valence-corrected chi connectivity index (χ0v) is 9.62. The van der Waals surface area contributed by atoms with Gasteiger partial charge < -0.3 is 0 Å². The normalized spacial score (nSPS) is 10.6. The van der Waals surface area contributed by atoms with Crippen LogP contribution in [0, 0.1) is 0 Å². The Hall–Kier alpha value is -0.730. The molecule has 0 nitrogen and oxygen atoms in total. The van der Waals surface area contributed by atoms with Gasteiger partial charge in [-0.1, -0.05) is 49.9 Å². The van der Waals surface area contributed by atoms with Crippen LogP contribution in [0.3, 0.4) is 0 Å². The zero-order valence-electron chi connectivity index (χ0n) is 7.99. The lowest BCUT2D eigenvalue weighted by molar-refractivity contribution is 1.30. The molecular formula is C12H11S2. The van der Waals surface area contributed by atoms with Gasteiger partial charge in [-0.05, 0) is 17.2 Å². The van der Waals surface area contributed by atoms with Crippen molar-refractivity contribution in [2.75, 3.05) is 5.75 Å². The van der Waals surface area contributed by atoms with Crippen molar-refractivity contribution in [2.24, 2.45) is 0 Å². The highest BCUT2D eigenvalue weighted by Gasteiger charge is 2.03. The fourth-order valence-corrected chi connectivity index (χ4v) is 2.64. The number of rotatable bonds is 2. The Labute approximate surface area is 94.1 Å². The minimum Gasteiger partial charge on any atom is -0.125 e. The minimum absolute atomic E-state index is 0.995. The molecular weight excluding hydrogens is 208 g/mol. The number of thioether (sulfide) groups is 1. The van der Waals surface area contributed by atoms with Crippen molar-refractivity contribution in [3.8, 4) is 0 Å². The van der Waals surface area contributed by atoms with Crippen LogP contribution in [0.2, 0.25) is 0 Å². The van der Waals surface area contributed by atoms with E-state index < -0.39 is 0 Å². The summed E-state index contributed by atoms with van der Waals surface area (Å²) in [7, 11) is 0. The van der Waals surface area contributed by atoms with Crippen molar-refractivity contribution < 1.29 is 0 Å². The van der Waals surface area contributed by atoms with Crippen molar-refractivity contribution in [2.45, 2.75) is 16.7 Å². The van der Waals surface area contributed by atoms with Crippen LogP contribution < -0.4 is 0 Å². The summed E-state index contributed by atoms with van der Waals surface area (Å²) in [5.41, 5.74) is 0. The molecule has 0 heterocycles. The van der Waals surface area contributed by atoms with E-state index in [-0.39, 0.29) is 0 Å². The van der Waals surface area contributed by atoms with E-state index in [2.05, 4.69) is 31.2 Å². The molecule has 0 aliphatic carbocycles. The average Bonchev–Trinajstić information content (AvgIpc) is 2.23. The Balaban J connectivity index is 2.63. The van der Waals surface area contributed by atoms with Crippen LogP contribution in [0.25, 0.3) is 10.8 Å². The third-order valence-corrected chi connectivity index (χ3v) is 3.65. The summed E-state index contributed by atoms with van der Waals surface area (Å²) in [5, 5.41) is 2.43. The Kier molecular flexibility index (Phi) is 2.94. The molecule has 0 saturated heterocycles. The summed E-state index contributed by atoms with van der Waals surface area (Å²) in [6.07, 6.45) is 0. The van der Waals surface area contributed by atoms with Gasteiger partial charge in [-0.3, -0.25) is 0 Å². The molecule has 0 aromatic heterocycles. The standard InChI is InChI=1S/C12H11S2/c1-2-14-11-8-7-9-5-3-4-6-10(9)12(11)13/h3-8H,2H2,1H3. The molecule has 0 aliphatic heterocycles.